The van der Waals surface area contributed by atoms with Gasteiger partial charge in [0.2, 0.25) is 5.91 Å². The molecule has 3 nitrogen and oxygen atoms in total. The summed E-state index contributed by atoms with van der Waals surface area (Å²) in [4.78, 5) is 16.1. The van der Waals surface area contributed by atoms with E-state index in [1.165, 1.54) is 11.3 Å². The molecule has 1 fully saturated rings. The van der Waals surface area contributed by atoms with Crippen molar-refractivity contribution in [3.05, 3.63) is 22.4 Å². The first-order valence-corrected chi connectivity index (χ1v) is 8.34. The molecule has 1 aromatic rings. The molecule has 0 bridgehead atoms. The summed E-state index contributed by atoms with van der Waals surface area (Å²) in [6.07, 6.45) is 2.32. The maximum Gasteiger partial charge on any atom is 0.228 e. The van der Waals surface area contributed by atoms with Crippen LogP contribution in [0.4, 0.5) is 0 Å². The molecule has 1 saturated heterocycles. The predicted molar refractivity (Wildman–Crippen MR) is 84.9 cm³/mol. The molecule has 2 heterocycles. The monoisotopic (exact) mass is 294 g/mol. The first-order valence-electron chi connectivity index (χ1n) is 7.46. The van der Waals surface area contributed by atoms with Crippen LogP contribution < -0.4 is 5.32 Å². The average Bonchev–Trinajstić information content (AvgIpc) is 3.00. The van der Waals surface area contributed by atoms with E-state index < -0.39 is 0 Å². The number of hydrogen-bond acceptors (Lipinski definition) is 3. The zero-order valence-electron chi connectivity index (χ0n) is 13.0. The molecule has 112 valence electrons. The fraction of sp³-hybridized carbons (Fsp3) is 0.688. The average molecular weight is 294 g/mol. The van der Waals surface area contributed by atoms with Crippen molar-refractivity contribution in [3.8, 4) is 0 Å². The van der Waals surface area contributed by atoms with Gasteiger partial charge >= 0.3 is 0 Å². The Bertz CT molecular complexity index is 435. The van der Waals surface area contributed by atoms with Crippen LogP contribution in [0.15, 0.2) is 17.5 Å². The maximum atomic E-state index is 12.9. The summed E-state index contributed by atoms with van der Waals surface area (Å²) >= 11 is 1.72. The van der Waals surface area contributed by atoms with Crippen molar-refractivity contribution < 1.29 is 4.79 Å². The summed E-state index contributed by atoms with van der Waals surface area (Å²) in [6, 6.07) is 4.30. The molecule has 0 aliphatic carbocycles. The quantitative estimate of drug-likeness (QED) is 0.924. The Balaban J connectivity index is 2.08. The van der Waals surface area contributed by atoms with Crippen LogP contribution in [-0.4, -0.2) is 30.9 Å². The minimum absolute atomic E-state index is 0.151. The van der Waals surface area contributed by atoms with Gasteiger partial charge < -0.3 is 10.2 Å². The Kier molecular flexibility index (Phi) is 4.86. The lowest BCUT2D eigenvalue weighted by Gasteiger charge is -2.40. The first-order chi connectivity index (χ1) is 9.44. The summed E-state index contributed by atoms with van der Waals surface area (Å²) in [5, 5.41) is 5.49. The van der Waals surface area contributed by atoms with Gasteiger partial charge in [-0.1, -0.05) is 19.9 Å². The van der Waals surface area contributed by atoms with E-state index in [1.807, 2.05) is 18.0 Å². The zero-order valence-corrected chi connectivity index (χ0v) is 13.8. The van der Waals surface area contributed by atoms with Crippen molar-refractivity contribution in [1.29, 1.82) is 0 Å². The van der Waals surface area contributed by atoms with Crippen LogP contribution in [0.3, 0.4) is 0 Å². The molecule has 1 aliphatic heterocycles. The molecule has 1 aromatic heterocycles. The Morgan fingerprint density at radius 3 is 2.85 bits per heavy atom. The maximum absolute atomic E-state index is 12.9. The van der Waals surface area contributed by atoms with E-state index in [9.17, 15) is 4.79 Å². The highest BCUT2D eigenvalue weighted by atomic mass is 32.1. The topological polar surface area (TPSA) is 32.3 Å². The molecule has 0 radical (unpaired) electrons. The van der Waals surface area contributed by atoms with Gasteiger partial charge in [-0.15, -0.1) is 11.3 Å². The molecule has 2 unspecified atom stereocenters. The van der Waals surface area contributed by atoms with Gasteiger partial charge in [0.15, 0.2) is 0 Å². The van der Waals surface area contributed by atoms with Crippen LogP contribution in [0.5, 0.6) is 0 Å². The van der Waals surface area contributed by atoms with Crippen LogP contribution >= 0.6 is 11.3 Å². The van der Waals surface area contributed by atoms with E-state index in [0.717, 1.165) is 19.5 Å². The minimum atomic E-state index is -0.298. The second-order valence-corrected chi connectivity index (χ2v) is 7.35. The molecule has 1 amide bonds. The number of carbonyl (C=O) groups is 1. The summed E-state index contributed by atoms with van der Waals surface area (Å²) < 4.78 is 0. The molecule has 0 spiro atoms. The standard InChI is InChI=1S/C16H26N2OS/c1-12(14-8-6-10-20-14)18(4)15(19)16(2,3)13-7-5-9-17-11-13/h6,8,10,12-13,17H,5,7,9,11H2,1-4H3. The molecule has 2 atom stereocenters. The molecule has 0 aromatic carbocycles. The van der Waals surface area contributed by atoms with Crippen LogP contribution in [0, 0.1) is 11.3 Å². The van der Waals surface area contributed by atoms with Gasteiger partial charge in [-0.05, 0) is 50.2 Å². The van der Waals surface area contributed by atoms with E-state index in [0.29, 0.717) is 5.92 Å². The van der Waals surface area contributed by atoms with Crippen LogP contribution in [-0.2, 0) is 4.79 Å². The summed E-state index contributed by atoms with van der Waals surface area (Å²) in [6.45, 7) is 8.36. The van der Waals surface area contributed by atoms with Gasteiger partial charge in [-0.2, -0.15) is 0 Å². The van der Waals surface area contributed by atoms with Gasteiger partial charge in [0, 0.05) is 17.3 Å². The number of nitrogens with one attached hydrogen (secondary N) is 1. The van der Waals surface area contributed by atoms with Crippen molar-refractivity contribution in [1.82, 2.24) is 10.2 Å². The fourth-order valence-corrected chi connectivity index (χ4v) is 3.82. The number of thiophene rings is 1. The zero-order chi connectivity index (χ0) is 14.8. The summed E-state index contributed by atoms with van der Waals surface area (Å²) in [7, 11) is 1.94. The first kappa shape index (κ1) is 15.5. The van der Waals surface area contributed by atoms with Gasteiger partial charge in [-0.25, -0.2) is 0 Å². The number of amides is 1. The van der Waals surface area contributed by atoms with Gasteiger partial charge in [-0.3, -0.25) is 4.79 Å². The molecule has 20 heavy (non-hydrogen) atoms. The molecule has 2 rings (SSSR count). The molecule has 0 saturated carbocycles. The molecular formula is C16H26N2OS. The summed E-state index contributed by atoms with van der Waals surface area (Å²) in [5.74, 6) is 0.689. The van der Waals surface area contributed by atoms with Crippen molar-refractivity contribution in [2.24, 2.45) is 11.3 Å². The number of nitrogens with zero attached hydrogens (tertiary/aromatic N) is 1. The van der Waals surface area contributed by atoms with E-state index in [4.69, 9.17) is 0 Å². The van der Waals surface area contributed by atoms with E-state index in [1.54, 1.807) is 11.3 Å². The highest BCUT2D eigenvalue weighted by Crippen LogP contribution is 2.36. The normalized spacial score (nSPS) is 21.5. The lowest BCUT2D eigenvalue weighted by molar-refractivity contribution is -0.144. The Hall–Kier alpha value is -0.870. The second kappa shape index (κ2) is 6.27. The number of hydrogen-bond donors (Lipinski definition) is 1. The Morgan fingerprint density at radius 1 is 1.55 bits per heavy atom. The van der Waals surface area contributed by atoms with E-state index >= 15 is 0 Å². The molecule has 1 aliphatic rings. The number of piperidine rings is 1. The highest BCUT2D eigenvalue weighted by Gasteiger charge is 2.40. The fourth-order valence-electron chi connectivity index (χ4n) is 2.99. The lowest BCUT2D eigenvalue weighted by Crippen LogP contribution is -2.48. The third kappa shape index (κ3) is 3.07. The van der Waals surface area contributed by atoms with Gasteiger partial charge in [0.25, 0.3) is 0 Å². The molecule has 4 heteroatoms. The minimum Gasteiger partial charge on any atom is -0.338 e. The van der Waals surface area contributed by atoms with Crippen molar-refractivity contribution in [2.45, 2.75) is 39.7 Å². The lowest BCUT2D eigenvalue weighted by atomic mass is 9.74. The SMILES string of the molecule is CC(c1cccs1)N(C)C(=O)C(C)(C)C1CCCNC1. The van der Waals surface area contributed by atoms with Gasteiger partial charge in [0.05, 0.1) is 6.04 Å². The van der Waals surface area contributed by atoms with Gasteiger partial charge in [0.1, 0.15) is 0 Å². The third-order valence-corrected chi connectivity index (χ3v) is 5.77. The molecular weight excluding hydrogens is 268 g/mol. The largest absolute Gasteiger partial charge is 0.338 e. The number of carbonyl (C=O) groups excluding carboxylic acids is 1. The van der Waals surface area contributed by atoms with E-state index in [2.05, 4.69) is 37.5 Å². The Labute approximate surface area is 126 Å². The predicted octanol–water partition coefficient (Wildman–Crippen LogP) is 3.29. The number of rotatable bonds is 4. The second-order valence-electron chi connectivity index (χ2n) is 6.37. The van der Waals surface area contributed by atoms with Crippen molar-refractivity contribution >= 4 is 17.2 Å². The summed E-state index contributed by atoms with van der Waals surface area (Å²) in [5.41, 5.74) is -0.298. The van der Waals surface area contributed by atoms with Crippen molar-refractivity contribution in [3.63, 3.8) is 0 Å². The van der Waals surface area contributed by atoms with Crippen LogP contribution in [0.2, 0.25) is 0 Å². The third-order valence-electron chi connectivity index (χ3n) is 4.72. The van der Waals surface area contributed by atoms with E-state index in [-0.39, 0.29) is 17.4 Å². The molecule has 1 N–H and O–H groups in total. The highest BCUT2D eigenvalue weighted by molar-refractivity contribution is 7.10. The van der Waals surface area contributed by atoms with Crippen molar-refractivity contribution in [2.75, 3.05) is 20.1 Å². The Morgan fingerprint density at radius 2 is 2.30 bits per heavy atom. The van der Waals surface area contributed by atoms with Crippen LogP contribution in [0.1, 0.15) is 44.5 Å². The smallest absolute Gasteiger partial charge is 0.228 e. The van der Waals surface area contributed by atoms with Crippen LogP contribution in [0.25, 0.3) is 0 Å².